The van der Waals surface area contributed by atoms with Crippen molar-refractivity contribution in [1.29, 1.82) is 0 Å². The molecule has 0 unspecified atom stereocenters. The third-order valence-corrected chi connectivity index (χ3v) is 4.99. The van der Waals surface area contributed by atoms with E-state index in [1.807, 2.05) is 49.4 Å². The van der Waals surface area contributed by atoms with Crippen LogP contribution in [0.2, 0.25) is 0 Å². The van der Waals surface area contributed by atoms with Crippen LogP contribution in [0.3, 0.4) is 0 Å². The molecule has 0 fully saturated rings. The van der Waals surface area contributed by atoms with Crippen molar-refractivity contribution in [2.45, 2.75) is 18.6 Å². The molecule has 0 aliphatic carbocycles. The molecule has 3 aromatic rings. The molecule has 8 nitrogen and oxygen atoms in total. The van der Waals surface area contributed by atoms with Crippen LogP contribution in [0.25, 0.3) is 11.5 Å². The second-order valence-corrected chi connectivity index (χ2v) is 7.22. The number of rotatable bonds is 5. The maximum atomic E-state index is 12.2. The molecule has 2 amide bonds. The number of carbonyl (C=O) groups is 2. The number of nitrogens with zero attached hydrogens (tertiary/aromatic N) is 4. The molecule has 1 aromatic heterocycles. The lowest BCUT2D eigenvalue weighted by Crippen LogP contribution is -2.31. The predicted molar refractivity (Wildman–Crippen MR) is 109 cm³/mol. The number of anilines is 1. The molecule has 0 bridgehead atoms. The zero-order chi connectivity index (χ0) is 20.2. The number of carbonyl (C=O) groups excluding carboxylic acids is 2. The highest BCUT2D eigenvalue weighted by molar-refractivity contribution is 7.99. The van der Waals surface area contributed by atoms with Crippen molar-refractivity contribution in [3.8, 4) is 11.5 Å². The van der Waals surface area contributed by atoms with Gasteiger partial charge in [-0.05, 0) is 30.7 Å². The molecule has 1 aliphatic heterocycles. The van der Waals surface area contributed by atoms with Crippen LogP contribution in [0.4, 0.5) is 5.69 Å². The quantitative estimate of drug-likeness (QED) is 0.653. The Labute approximate surface area is 171 Å². The third-order valence-electron chi connectivity index (χ3n) is 4.17. The molecule has 9 heteroatoms. The van der Waals surface area contributed by atoms with E-state index in [4.69, 9.17) is 4.42 Å². The van der Waals surface area contributed by atoms with Crippen LogP contribution < -0.4 is 10.3 Å². The minimum absolute atomic E-state index is 0.0449. The molecular weight excluding hydrogens is 390 g/mol. The maximum Gasteiger partial charge on any atom is 0.277 e. The molecule has 29 heavy (non-hydrogen) atoms. The minimum atomic E-state index is -0.299. The number of amides is 2. The first-order chi connectivity index (χ1) is 14.1. The van der Waals surface area contributed by atoms with Crippen LogP contribution >= 0.6 is 11.8 Å². The van der Waals surface area contributed by atoms with Crippen LogP contribution in [-0.2, 0) is 9.59 Å². The highest BCUT2D eigenvalue weighted by Gasteiger charge is 2.26. The average Bonchev–Trinajstić information content (AvgIpc) is 3.34. The number of hydrazone groups is 1. The molecule has 2 aromatic carbocycles. The molecule has 0 saturated heterocycles. The van der Waals surface area contributed by atoms with Gasteiger partial charge in [0, 0.05) is 5.56 Å². The second-order valence-electron chi connectivity index (χ2n) is 6.29. The van der Waals surface area contributed by atoms with Gasteiger partial charge < -0.3 is 9.73 Å². The Morgan fingerprint density at radius 2 is 1.90 bits per heavy atom. The number of aromatic nitrogens is 2. The third kappa shape index (κ3) is 4.35. The number of thioether (sulfide) groups is 1. The van der Waals surface area contributed by atoms with Crippen LogP contribution in [0.15, 0.2) is 69.3 Å². The second kappa shape index (κ2) is 8.27. The first kappa shape index (κ1) is 18.9. The van der Waals surface area contributed by atoms with Crippen molar-refractivity contribution < 1.29 is 14.0 Å². The molecule has 0 atom stereocenters. The summed E-state index contributed by atoms with van der Waals surface area (Å²) in [4.78, 5) is 24.4. The number of benzene rings is 2. The van der Waals surface area contributed by atoms with E-state index in [-0.39, 0.29) is 24.0 Å². The number of nitrogens with one attached hydrogen (secondary N) is 1. The van der Waals surface area contributed by atoms with Crippen LogP contribution in [0, 0.1) is 6.92 Å². The summed E-state index contributed by atoms with van der Waals surface area (Å²) >= 11 is 1.13. The molecule has 0 saturated carbocycles. The summed E-state index contributed by atoms with van der Waals surface area (Å²) in [5.74, 6) is 0.297. The monoisotopic (exact) mass is 407 g/mol. The number of para-hydroxylation sites is 1. The summed E-state index contributed by atoms with van der Waals surface area (Å²) in [5, 5.41) is 16.5. The standard InChI is InChI=1S/C20H17N5O3S/c1-13-7-5-6-10-15(13)19-22-23-20(28-19)29-12-17(26)21-16-11-18(27)25(24-16)14-8-3-2-4-9-14/h2-10H,11-12H2,1H3,(H,21,24,26). The molecule has 0 spiro atoms. The Morgan fingerprint density at radius 3 is 2.69 bits per heavy atom. The van der Waals surface area contributed by atoms with Gasteiger partial charge in [0.1, 0.15) is 5.84 Å². The van der Waals surface area contributed by atoms with E-state index in [0.717, 1.165) is 22.9 Å². The highest BCUT2D eigenvalue weighted by Crippen LogP contribution is 2.25. The van der Waals surface area contributed by atoms with Gasteiger partial charge in [-0.3, -0.25) is 9.59 Å². The minimum Gasteiger partial charge on any atom is -0.411 e. The van der Waals surface area contributed by atoms with Crippen LogP contribution in [-0.4, -0.2) is 33.6 Å². The lowest BCUT2D eigenvalue weighted by molar-refractivity contribution is -0.117. The molecule has 4 rings (SSSR count). The van der Waals surface area contributed by atoms with E-state index in [9.17, 15) is 9.59 Å². The molecule has 1 aliphatic rings. The predicted octanol–water partition coefficient (Wildman–Crippen LogP) is 3.00. The fraction of sp³-hybridized carbons (Fsp3) is 0.150. The van der Waals surface area contributed by atoms with Gasteiger partial charge in [-0.25, -0.2) is 0 Å². The smallest absolute Gasteiger partial charge is 0.277 e. The Bertz CT molecular complexity index is 1080. The van der Waals surface area contributed by atoms with Crippen molar-refractivity contribution >= 4 is 35.1 Å². The summed E-state index contributed by atoms with van der Waals surface area (Å²) in [5.41, 5.74) is 2.54. The van der Waals surface area contributed by atoms with Crippen LogP contribution in [0.5, 0.6) is 0 Å². The van der Waals surface area contributed by atoms with Crippen molar-refractivity contribution in [3.63, 3.8) is 0 Å². The van der Waals surface area contributed by atoms with Gasteiger partial charge in [-0.1, -0.05) is 48.2 Å². The van der Waals surface area contributed by atoms with Crippen molar-refractivity contribution in [1.82, 2.24) is 15.5 Å². The van der Waals surface area contributed by atoms with E-state index < -0.39 is 0 Å². The Balaban J connectivity index is 1.34. The van der Waals surface area contributed by atoms with E-state index in [0.29, 0.717) is 22.6 Å². The van der Waals surface area contributed by atoms with E-state index in [1.165, 1.54) is 5.01 Å². The Morgan fingerprint density at radius 1 is 1.14 bits per heavy atom. The van der Waals surface area contributed by atoms with Crippen molar-refractivity contribution in [3.05, 3.63) is 60.2 Å². The average molecular weight is 407 g/mol. The van der Waals surface area contributed by atoms with Gasteiger partial charge in [0.15, 0.2) is 0 Å². The zero-order valence-electron chi connectivity index (χ0n) is 15.5. The lowest BCUT2D eigenvalue weighted by Gasteiger charge is -2.10. The Kier molecular flexibility index (Phi) is 5.39. The fourth-order valence-corrected chi connectivity index (χ4v) is 3.35. The van der Waals surface area contributed by atoms with Gasteiger partial charge in [0.25, 0.3) is 11.1 Å². The molecular formula is C20H17N5O3S. The lowest BCUT2D eigenvalue weighted by atomic mass is 10.1. The fourth-order valence-electron chi connectivity index (χ4n) is 2.78. The van der Waals surface area contributed by atoms with E-state index >= 15 is 0 Å². The molecule has 1 N–H and O–H groups in total. The van der Waals surface area contributed by atoms with Crippen LogP contribution in [0.1, 0.15) is 12.0 Å². The summed E-state index contributed by atoms with van der Waals surface area (Å²) in [6, 6.07) is 16.8. The van der Waals surface area contributed by atoms with Gasteiger partial charge in [0.05, 0.1) is 17.9 Å². The Hall–Kier alpha value is -3.46. The van der Waals surface area contributed by atoms with E-state index in [2.05, 4.69) is 20.6 Å². The first-order valence-corrected chi connectivity index (χ1v) is 9.86. The van der Waals surface area contributed by atoms with E-state index in [1.54, 1.807) is 12.1 Å². The number of hydrogen-bond donors (Lipinski definition) is 1. The zero-order valence-corrected chi connectivity index (χ0v) is 16.3. The largest absolute Gasteiger partial charge is 0.411 e. The highest BCUT2D eigenvalue weighted by atomic mass is 32.2. The van der Waals surface area contributed by atoms with Crippen molar-refractivity contribution in [2.24, 2.45) is 5.10 Å². The normalized spacial score (nSPS) is 13.5. The van der Waals surface area contributed by atoms with Gasteiger partial charge in [-0.15, -0.1) is 10.2 Å². The number of hydrogen-bond acceptors (Lipinski definition) is 7. The SMILES string of the molecule is Cc1ccccc1-c1nnc(SCC(=O)NC2=NN(c3ccccc3)C(=O)C2)o1. The van der Waals surface area contributed by atoms with Gasteiger partial charge in [0.2, 0.25) is 11.8 Å². The van der Waals surface area contributed by atoms with Gasteiger partial charge in [-0.2, -0.15) is 10.1 Å². The first-order valence-electron chi connectivity index (χ1n) is 8.88. The number of amidine groups is 1. The van der Waals surface area contributed by atoms with Crippen molar-refractivity contribution in [2.75, 3.05) is 10.8 Å². The molecule has 0 radical (unpaired) electrons. The summed E-state index contributed by atoms with van der Waals surface area (Å²) in [6.45, 7) is 1.96. The summed E-state index contributed by atoms with van der Waals surface area (Å²) in [6.07, 6.45) is 0.0449. The summed E-state index contributed by atoms with van der Waals surface area (Å²) < 4.78 is 5.63. The molecule has 146 valence electrons. The molecule has 2 heterocycles. The van der Waals surface area contributed by atoms with Gasteiger partial charge >= 0.3 is 0 Å². The maximum absolute atomic E-state index is 12.2. The summed E-state index contributed by atoms with van der Waals surface area (Å²) in [7, 11) is 0. The topological polar surface area (TPSA) is 101 Å². The number of aryl methyl sites for hydroxylation is 1.